The third kappa shape index (κ3) is 2.86. The molecule has 0 aliphatic heterocycles. The van der Waals surface area contributed by atoms with E-state index in [0.29, 0.717) is 10.8 Å². The zero-order valence-electron chi connectivity index (χ0n) is 9.74. The molecule has 0 N–H and O–H groups in total. The highest BCUT2D eigenvalue weighted by Crippen LogP contribution is 2.49. The lowest BCUT2D eigenvalue weighted by Gasteiger charge is -2.44. The Balaban J connectivity index is 2.72. The standard InChI is InChI=1S/C13H24/c1-6-7-13(5)9-11(2)8-12(3,4)10-13/h2,6-10H2,1,3-5H3. The lowest BCUT2D eigenvalue weighted by molar-refractivity contribution is 0.125. The fourth-order valence-electron chi connectivity index (χ4n) is 3.40. The number of rotatable bonds is 2. The molecule has 0 aromatic heterocycles. The molecule has 1 rings (SSSR count). The molecule has 1 aliphatic carbocycles. The zero-order chi connectivity index (χ0) is 10.1. The normalized spacial score (nSPS) is 33.4. The Bertz CT molecular complexity index is 200. The van der Waals surface area contributed by atoms with Crippen molar-refractivity contribution in [1.29, 1.82) is 0 Å². The second-order valence-corrected chi connectivity index (χ2v) is 6.01. The predicted molar refractivity (Wildman–Crippen MR) is 59.8 cm³/mol. The third-order valence-corrected chi connectivity index (χ3v) is 3.16. The van der Waals surface area contributed by atoms with Crippen LogP contribution >= 0.6 is 0 Å². The van der Waals surface area contributed by atoms with Crippen LogP contribution in [-0.4, -0.2) is 0 Å². The minimum atomic E-state index is 0.485. The summed E-state index contributed by atoms with van der Waals surface area (Å²) in [5.74, 6) is 0. The van der Waals surface area contributed by atoms with Gasteiger partial charge in [0.2, 0.25) is 0 Å². The smallest absolute Gasteiger partial charge is 0.0268 e. The van der Waals surface area contributed by atoms with Crippen molar-refractivity contribution in [3.05, 3.63) is 12.2 Å². The molecule has 1 unspecified atom stereocenters. The van der Waals surface area contributed by atoms with Crippen LogP contribution in [-0.2, 0) is 0 Å². The van der Waals surface area contributed by atoms with Crippen molar-refractivity contribution in [3.63, 3.8) is 0 Å². The van der Waals surface area contributed by atoms with Crippen molar-refractivity contribution in [2.75, 3.05) is 0 Å². The van der Waals surface area contributed by atoms with Gasteiger partial charge in [-0.1, -0.05) is 46.3 Å². The first kappa shape index (κ1) is 10.8. The van der Waals surface area contributed by atoms with Crippen molar-refractivity contribution in [3.8, 4) is 0 Å². The maximum absolute atomic E-state index is 4.19. The Morgan fingerprint density at radius 2 is 1.85 bits per heavy atom. The van der Waals surface area contributed by atoms with Crippen LogP contribution < -0.4 is 0 Å². The van der Waals surface area contributed by atoms with Crippen LogP contribution in [0.25, 0.3) is 0 Å². The largest absolute Gasteiger partial charge is 0.0998 e. The van der Waals surface area contributed by atoms with Crippen LogP contribution in [0.15, 0.2) is 12.2 Å². The second-order valence-electron chi connectivity index (χ2n) is 6.01. The first-order valence-corrected chi connectivity index (χ1v) is 5.54. The molecule has 0 saturated heterocycles. The van der Waals surface area contributed by atoms with Crippen LogP contribution in [0, 0.1) is 10.8 Å². The van der Waals surface area contributed by atoms with Gasteiger partial charge in [0.25, 0.3) is 0 Å². The van der Waals surface area contributed by atoms with Gasteiger partial charge in [0.15, 0.2) is 0 Å². The molecule has 76 valence electrons. The molecular formula is C13H24. The van der Waals surface area contributed by atoms with Crippen molar-refractivity contribution >= 4 is 0 Å². The first-order chi connectivity index (χ1) is 5.87. The molecule has 1 saturated carbocycles. The number of hydrogen-bond acceptors (Lipinski definition) is 0. The third-order valence-electron chi connectivity index (χ3n) is 3.16. The minimum Gasteiger partial charge on any atom is -0.0998 e. The van der Waals surface area contributed by atoms with Gasteiger partial charge in [-0.15, -0.1) is 0 Å². The lowest BCUT2D eigenvalue weighted by Crippen LogP contribution is -2.31. The Hall–Kier alpha value is -0.260. The molecule has 0 aromatic rings. The summed E-state index contributed by atoms with van der Waals surface area (Å²) in [6.07, 6.45) is 6.51. The van der Waals surface area contributed by atoms with Crippen molar-refractivity contribution < 1.29 is 0 Å². The van der Waals surface area contributed by atoms with Gasteiger partial charge < -0.3 is 0 Å². The Labute approximate surface area is 83.4 Å². The zero-order valence-corrected chi connectivity index (χ0v) is 9.74. The Kier molecular flexibility index (Phi) is 2.89. The van der Waals surface area contributed by atoms with Gasteiger partial charge in [0, 0.05) is 0 Å². The van der Waals surface area contributed by atoms with Crippen LogP contribution in [0.2, 0.25) is 0 Å². The van der Waals surface area contributed by atoms with Gasteiger partial charge in [0.1, 0.15) is 0 Å². The molecule has 0 bridgehead atoms. The van der Waals surface area contributed by atoms with E-state index >= 15 is 0 Å². The fraction of sp³-hybridized carbons (Fsp3) is 0.846. The van der Waals surface area contributed by atoms with Crippen LogP contribution in [0.1, 0.15) is 59.8 Å². The quantitative estimate of drug-likeness (QED) is 0.546. The molecule has 0 amide bonds. The average molecular weight is 180 g/mol. The molecule has 13 heavy (non-hydrogen) atoms. The van der Waals surface area contributed by atoms with E-state index < -0.39 is 0 Å². The second kappa shape index (κ2) is 3.48. The molecule has 0 heterocycles. The van der Waals surface area contributed by atoms with Gasteiger partial charge in [0.05, 0.1) is 0 Å². The summed E-state index contributed by atoms with van der Waals surface area (Å²) in [4.78, 5) is 0. The Morgan fingerprint density at radius 1 is 1.23 bits per heavy atom. The van der Waals surface area contributed by atoms with E-state index in [4.69, 9.17) is 0 Å². The minimum absolute atomic E-state index is 0.485. The van der Waals surface area contributed by atoms with E-state index in [1.807, 2.05) is 0 Å². The van der Waals surface area contributed by atoms with E-state index in [2.05, 4.69) is 34.3 Å². The van der Waals surface area contributed by atoms with E-state index in [9.17, 15) is 0 Å². The van der Waals surface area contributed by atoms with E-state index in [1.54, 1.807) is 0 Å². The maximum Gasteiger partial charge on any atom is -0.0268 e. The molecule has 1 atom stereocenters. The Morgan fingerprint density at radius 3 is 2.31 bits per heavy atom. The average Bonchev–Trinajstić information content (AvgIpc) is 1.78. The molecule has 0 spiro atoms. The molecule has 0 heteroatoms. The fourth-order valence-corrected chi connectivity index (χ4v) is 3.40. The van der Waals surface area contributed by atoms with Gasteiger partial charge in [-0.3, -0.25) is 0 Å². The highest BCUT2D eigenvalue weighted by Gasteiger charge is 2.37. The topological polar surface area (TPSA) is 0 Å². The van der Waals surface area contributed by atoms with Crippen LogP contribution in [0.5, 0.6) is 0 Å². The SMILES string of the molecule is C=C1CC(C)(C)CC(C)(CCC)C1. The van der Waals surface area contributed by atoms with E-state index in [0.717, 1.165) is 0 Å². The molecule has 0 radical (unpaired) electrons. The van der Waals surface area contributed by atoms with E-state index in [1.165, 1.54) is 37.7 Å². The molecule has 1 aliphatic rings. The summed E-state index contributed by atoms with van der Waals surface area (Å²) < 4.78 is 0. The summed E-state index contributed by atoms with van der Waals surface area (Å²) in [5.41, 5.74) is 2.49. The summed E-state index contributed by atoms with van der Waals surface area (Å²) >= 11 is 0. The highest BCUT2D eigenvalue weighted by molar-refractivity contribution is 5.08. The van der Waals surface area contributed by atoms with Crippen LogP contribution in [0.4, 0.5) is 0 Å². The number of hydrogen-bond donors (Lipinski definition) is 0. The lowest BCUT2D eigenvalue weighted by atomic mass is 9.61. The summed E-state index contributed by atoms with van der Waals surface area (Å²) in [5, 5.41) is 0. The summed E-state index contributed by atoms with van der Waals surface area (Å²) in [7, 11) is 0. The number of allylic oxidation sites excluding steroid dienone is 1. The van der Waals surface area contributed by atoms with Gasteiger partial charge >= 0.3 is 0 Å². The highest BCUT2D eigenvalue weighted by atomic mass is 14.4. The van der Waals surface area contributed by atoms with Crippen molar-refractivity contribution in [2.24, 2.45) is 10.8 Å². The van der Waals surface area contributed by atoms with Gasteiger partial charge in [-0.2, -0.15) is 0 Å². The summed E-state index contributed by atoms with van der Waals surface area (Å²) in [6.45, 7) is 13.7. The van der Waals surface area contributed by atoms with Crippen LogP contribution in [0.3, 0.4) is 0 Å². The maximum atomic E-state index is 4.19. The molecule has 0 nitrogen and oxygen atoms in total. The van der Waals surface area contributed by atoms with Crippen molar-refractivity contribution in [2.45, 2.75) is 59.8 Å². The predicted octanol–water partition coefficient (Wildman–Crippen LogP) is 4.56. The van der Waals surface area contributed by atoms with E-state index in [-0.39, 0.29) is 0 Å². The molecule has 0 aromatic carbocycles. The summed E-state index contributed by atoms with van der Waals surface area (Å²) in [6, 6.07) is 0. The van der Waals surface area contributed by atoms with Crippen molar-refractivity contribution in [1.82, 2.24) is 0 Å². The monoisotopic (exact) mass is 180 g/mol. The molecule has 1 fully saturated rings. The molecular weight excluding hydrogens is 156 g/mol. The first-order valence-electron chi connectivity index (χ1n) is 5.54. The van der Waals surface area contributed by atoms with Gasteiger partial charge in [-0.25, -0.2) is 0 Å². The van der Waals surface area contributed by atoms with Gasteiger partial charge in [-0.05, 0) is 36.5 Å².